The van der Waals surface area contributed by atoms with Crippen LogP contribution in [0.2, 0.25) is 0 Å². The quantitative estimate of drug-likeness (QED) is 0.135. The van der Waals surface area contributed by atoms with Gasteiger partial charge in [-0.3, -0.25) is 0 Å². The van der Waals surface area contributed by atoms with E-state index in [1.54, 1.807) is 30.3 Å². The zero-order valence-corrected chi connectivity index (χ0v) is 36.6. The van der Waals surface area contributed by atoms with Gasteiger partial charge in [0.15, 0.2) is 0 Å². The predicted octanol–water partition coefficient (Wildman–Crippen LogP) is 13.1. The average molecular weight is 857 g/mol. The molecule has 1 N–H and O–H groups in total. The molecule has 9 aromatic rings. The molecule has 8 nitrogen and oxygen atoms in total. The Morgan fingerprint density at radius 1 is 0.459 bits per heavy atom. The molecular formula is C50H44N6O2S3. The normalized spacial score (nSPS) is 10.9. The van der Waals surface area contributed by atoms with E-state index in [1.807, 2.05) is 147 Å². The van der Waals surface area contributed by atoms with E-state index in [-0.39, 0.29) is 0 Å². The van der Waals surface area contributed by atoms with E-state index in [0.29, 0.717) is 16.7 Å². The molecule has 0 aliphatic heterocycles. The minimum Gasteiger partial charge on any atom is -0.326 e. The van der Waals surface area contributed by atoms with Gasteiger partial charge in [-0.15, -0.1) is 0 Å². The van der Waals surface area contributed by atoms with E-state index in [1.165, 1.54) is 9.97 Å². The molecule has 2 heterocycles. The molecular weight excluding hydrogens is 813 g/mol. The number of rotatable bonds is 10. The molecule has 0 atom stereocenters. The summed E-state index contributed by atoms with van der Waals surface area (Å²) in [7, 11) is -3.40. The number of aromatic nitrogens is 4. The Balaban J connectivity index is 0.000000177. The summed E-state index contributed by atoms with van der Waals surface area (Å²) in [6.45, 7) is 4.00. The molecule has 11 heteroatoms. The highest BCUT2D eigenvalue weighted by atomic mass is 32.3. The second kappa shape index (κ2) is 20.2. The lowest BCUT2D eigenvalue weighted by molar-refractivity contribution is 0.604. The Bertz CT molecular complexity index is 2950. The van der Waals surface area contributed by atoms with Crippen LogP contribution in [-0.2, 0) is 10.0 Å². The van der Waals surface area contributed by atoms with Crippen LogP contribution in [0.15, 0.2) is 193 Å². The molecule has 0 radical (unpaired) electrons. The van der Waals surface area contributed by atoms with Crippen LogP contribution < -0.4 is 8.43 Å². The number of nitrogens with one attached hydrogen (secondary N) is 1. The molecule has 7 aromatic carbocycles. The number of hydrogen-bond acceptors (Lipinski definition) is 9. The van der Waals surface area contributed by atoms with E-state index < -0.39 is 10.0 Å². The lowest BCUT2D eigenvalue weighted by Gasteiger charge is -2.19. The number of sulfonamides is 1. The third-order valence-corrected chi connectivity index (χ3v) is 12.7. The maximum absolute atomic E-state index is 12.1. The fourth-order valence-electron chi connectivity index (χ4n) is 6.50. The molecule has 0 fully saturated rings. The molecule has 9 rings (SSSR count). The Labute approximate surface area is 366 Å². The zero-order chi connectivity index (χ0) is 42.6. The fraction of sp³-hybridized carbons (Fsp3) is 0.0800. The highest BCUT2D eigenvalue weighted by molar-refractivity contribution is 8.14. The maximum Gasteiger partial charge on any atom is 0.241 e. The Hall–Kier alpha value is -6.53. The second-order valence-corrected chi connectivity index (χ2v) is 17.0. The summed E-state index contributed by atoms with van der Waals surface area (Å²) >= 11 is 2.72. The van der Waals surface area contributed by atoms with Crippen molar-refractivity contribution in [2.24, 2.45) is 0 Å². The van der Waals surface area contributed by atoms with Crippen LogP contribution in [0.4, 0.5) is 11.4 Å². The van der Waals surface area contributed by atoms with E-state index in [9.17, 15) is 8.42 Å². The minimum absolute atomic E-state index is 0.549. The third-order valence-electron chi connectivity index (χ3n) is 9.21. The number of fused-ring (bicyclic) bond motifs is 2. The van der Waals surface area contributed by atoms with Gasteiger partial charge in [-0.25, -0.2) is 32.1 Å². The van der Waals surface area contributed by atoms with Crippen molar-refractivity contribution >= 4 is 67.4 Å². The van der Waals surface area contributed by atoms with Crippen molar-refractivity contribution in [3.8, 4) is 45.0 Å². The number of hydrogen-bond donors (Lipinski definition) is 1. The molecule has 61 heavy (non-hydrogen) atoms. The van der Waals surface area contributed by atoms with Crippen molar-refractivity contribution in [3.63, 3.8) is 0 Å². The zero-order valence-electron chi connectivity index (χ0n) is 34.2. The molecule has 0 saturated heterocycles. The van der Waals surface area contributed by atoms with Gasteiger partial charge in [0, 0.05) is 39.1 Å². The largest absolute Gasteiger partial charge is 0.326 e. The van der Waals surface area contributed by atoms with Crippen LogP contribution in [0, 0.1) is 0 Å². The van der Waals surface area contributed by atoms with Gasteiger partial charge in [0.1, 0.15) is 0 Å². The first-order valence-corrected chi connectivity index (χ1v) is 23.6. The van der Waals surface area contributed by atoms with E-state index in [0.717, 1.165) is 78.6 Å². The summed E-state index contributed by atoms with van der Waals surface area (Å²) < 4.78 is 28.9. The summed E-state index contributed by atoms with van der Waals surface area (Å²) in [5.74, 6) is 0. The van der Waals surface area contributed by atoms with E-state index in [2.05, 4.69) is 47.2 Å². The van der Waals surface area contributed by atoms with Crippen molar-refractivity contribution in [2.75, 3.05) is 20.9 Å². The van der Waals surface area contributed by atoms with Crippen molar-refractivity contribution in [1.29, 1.82) is 0 Å². The Morgan fingerprint density at radius 2 is 0.820 bits per heavy atom. The SMILES string of the molecule is CC.CSN(c1ccc2nc(-c3ccccc3)c(-c3ccccc3)nc2c1)S(C)(=O)=O.c1ccc(SNc2ccc3nc(-c4ccccc4)c(-c4ccccc4)nc3c2)cc1. The van der Waals surface area contributed by atoms with Gasteiger partial charge < -0.3 is 4.72 Å². The first-order valence-electron chi connectivity index (χ1n) is 19.7. The van der Waals surface area contributed by atoms with Gasteiger partial charge >= 0.3 is 0 Å². The fourth-order valence-corrected chi connectivity index (χ4v) is 9.06. The standard InChI is InChI=1S/C26H19N3S.C22H19N3O2S2.C2H6/c1-4-10-19(11-5-1)25-26(20-12-6-2-7-13-20)28-24-18-21(16-17-23(24)27-25)29-30-22-14-8-3-9-15-22;1-28-25(29(2,26)27)18-13-14-19-20(15-18)24-22(17-11-7-4-8-12-17)21(23-19)16-9-5-3-6-10-16;1-2/h1-18,29H;3-15H,1-2H3;1-2H3. The van der Waals surface area contributed by atoms with Crippen molar-refractivity contribution in [2.45, 2.75) is 18.7 Å². The molecule has 0 spiro atoms. The van der Waals surface area contributed by atoms with Crippen LogP contribution >= 0.6 is 23.9 Å². The first kappa shape index (κ1) is 42.6. The van der Waals surface area contributed by atoms with Crippen molar-refractivity contribution in [1.82, 2.24) is 19.9 Å². The monoisotopic (exact) mass is 856 g/mol. The molecule has 0 aliphatic rings. The van der Waals surface area contributed by atoms with Gasteiger partial charge in [-0.2, -0.15) is 0 Å². The topological polar surface area (TPSA) is 101 Å². The second-order valence-electron chi connectivity index (χ2n) is 13.4. The summed E-state index contributed by atoms with van der Waals surface area (Å²) in [5.41, 5.74) is 12.0. The van der Waals surface area contributed by atoms with Crippen LogP contribution in [0.5, 0.6) is 0 Å². The smallest absolute Gasteiger partial charge is 0.241 e. The average Bonchev–Trinajstić information content (AvgIpc) is 3.32. The molecule has 0 unspecified atom stereocenters. The summed E-state index contributed by atoms with van der Waals surface area (Å²) in [6.07, 6.45) is 2.91. The van der Waals surface area contributed by atoms with Gasteiger partial charge in [-0.05, 0) is 72.4 Å². The molecule has 0 aliphatic carbocycles. The molecule has 0 saturated carbocycles. The van der Waals surface area contributed by atoms with Crippen LogP contribution in [0.25, 0.3) is 67.1 Å². The summed E-state index contributed by atoms with van der Waals surface area (Å²) in [6, 6.07) is 62.0. The van der Waals surface area contributed by atoms with E-state index >= 15 is 0 Å². The molecule has 0 bridgehead atoms. The number of anilines is 2. The van der Waals surface area contributed by atoms with E-state index in [4.69, 9.17) is 19.9 Å². The summed E-state index contributed by atoms with van der Waals surface area (Å²) in [5, 5.41) is 0. The molecule has 304 valence electrons. The highest BCUT2D eigenvalue weighted by Crippen LogP contribution is 2.35. The Kier molecular flexibility index (Phi) is 14.1. The minimum atomic E-state index is -3.40. The van der Waals surface area contributed by atoms with Crippen molar-refractivity contribution in [3.05, 3.63) is 188 Å². The van der Waals surface area contributed by atoms with Crippen LogP contribution in [0.1, 0.15) is 13.8 Å². The highest BCUT2D eigenvalue weighted by Gasteiger charge is 2.19. The molecule has 0 amide bonds. The lowest BCUT2D eigenvalue weighted by atomic mass is 10.0. The predicted molar refractivity (Wildman–Crippen MR) is 259 cm³/mol. The third kappa shape index (κ3) is 10.4. The van der Waals surface area contributed by atoms with Gasteiger partial charge in [0.05, 0.1) is 56.8 Å². The summed E-state index contributed by atoms with van der Waals surface area (Å²) in [4.78, 5) is 20.9. The maximum atomic E-state index is 12.1. The van der Waals surface area contributed by atoms with Gasteiger partial charge in [-0.1, -0.05) is 153 Å². The Morgan fingerprint density at radius 3 is 1.21 bits per heavy atom. The van der Waals surface area contributed by atoms with Crippen LogP contribution in [0.3, 0.4) is 0 Å². The number of nitrogens with zero attached hydrogens (tertiary/aromatic N) is 5. The van der Waals surface area contributed by atoms with Gasteiger partial charge in [0.2, 0.25) is 10.0 Å². The van der Waals surface area contributed by atoms with Crippen LogP contribution in [-0.4, -0.2) is 40.9 Å². The van der Waals surface area contributed by atoms with Crippen molar-refractivity contribution < 1.29 is 8.42 Å². The first-order chi connectivity index (χ1) is 29.8. The van der Waals surface area contributed by atoms with Gasteiger partial charge in [0.25, 0.3) is 0 Å². The molecule has 2 aromatic heterocycles. The lowest BCUT2D eigenvalue weighted by Crippen LogP contribution is -2.21. The number of benzene rings is 7.